The molecule has 0 unspecified atom stereocenters. The molecule has 0 saturated carbocycles. The minimum Gasteiger partial charge on any atom is -0.390 e. The maximum Gasteiger partial charge on any atom is 0.0863 e. The van der Waals surface area contributed by atoms with Crippen LogP contribution in [0.5, 0.6) is 0 Å². The fourth-order valence-corrected chi connectivity index (χ4v) is 2.75. The average molecular weight is 234 g/mol. The fraction of sp³-hybridized carbons (Fsp3) is 0.571. The molecule has 2 heterocycles. The summed E-state index contributed by atoms with van der Waals surface area (Å²) in [4.78, 5) is 0. The Morgan fingerprint density at radius 3 is 2.76 bits per heavy atom. The number of hydrogen-bond donors (Lipinski definition) is 1. The third kappa shape index (κ3) is 2.51. The van der Waals surface area contributed by atoms with E-state index in [0.29, 0.717) is 6.61 Å². The molecule has 0 aliphatic carbocycles. The number of rotatable bonds is 3. The lowest BCUT2D eigenvalue weighted by Gasteiger charge is -2.28. The molecule has 2 bridgehead atoms. The molecule has 3 heteroatoms. The van der Waals surface area contributed by atoms with Crippen molar-refractivity contribution in [1.82, 2.24) is 0 Å². The van der Waals surface area contributed by atoms with Crippen molar-refractivity contribution in [2.45, 2.75) is 50.3 Å². The van der Waals surface area contributed by atoms with Gasteiger partial charge < -0.3 is 14.6 Å². The van der Waals surface area contributed by atoms with E-state index >= 15 is 0 Å². The molecule has 4 atom stereocenters. The molecule has 0 aromatic heterocycles. The van der Waals surface area contributed by atoms with Crippen molar-refractivity contribution in [1.29, 1.82) is 0 Å². The maximum atomic E-state index is 9.72. The second-order valence-electron chi connectivity index (χ2n) is 4.99. The number of hydrogen-bond acceptors (Lipinski definition) is 3. The molecule has 0 radical (unpaired) electrons. The highest BCUT2D eigenvalue weighted by molar-refractivity contribution is 5.13. The van der Waals surface area contributed by atoms with Gasteiger partial charge in [-0.1, -0.05) is 30.3 Å². The SMILES string of the molecule is O[C@@H]1C[C@H]2C[C@@H](OCc3ccccc3)C[C@@H]1O2. The minimum atomic E-state index is -0.287. The third-order valence-electron chi connectivity index (χ3n) is 3.65. The van der Waals surface area contributed by atoms with E-state index in [4.69, 9.17) is 9.47 Å². The molecule has 17 heavy (non-hydrogen) atoms. The second kappa shape index (κ2) is 4.77. The first-order valence-electron chi connectivity index (χ1n) is 6.30. The van der Waals surface area contributed by atoms with Gasteiger partial charge in [-0.15, -0.1) is 0 Å². The van der Waals surface area contributed by atoms with E-state index in [0.717, 1.165) is 19.3 Å². The summed E-state index contributed by atoms with van der Waals surface area (Å²) in [5.41, 5.74) is 1.20. The van der Waals surface area contributed by atoms with Crippen LogP contribution >= 0.6 is 0 Å². The van der Waals surface area contributed by atoms with Gasteiger partial charge in [-0.3, -0.25) is 0 Å². The Morgan fingerprint density at radius 1 is 1.18 bits per heavy atom. The summed E-state index contributed by atoms with van der Waals surface area (Å²) >= 11 is 0. The molecule has 2 fully saturated rings. The van der Waals surface area contributed by atoms with E-state index in [-0.39, 0.29) is 24.4 Å². The zero-order valence-electron chi connectivity index (χ0n) is 9.79. The summed E-state index contributed by atoms with van der Waals surface area (Å²) in [7, 11) is 0. The zero-order valence-corrected chi connectivity index (χ0v) is 9.79. The third-order valence-corrected chi connectivity index (χ3v) is 3.65. The van der Waals surface area contributed by atoms with E-state index in [1.54, 1.807) is 0 Å². The van der Waals surface area contributed by atoms with Crippen LogP contribution < -0.4 is 0 Å². The van der Waals surface area contributed by atoms with Gasteiger partial charge in [0.1, 0.15) is 0 Å². The molecule has 1 aromatic rings. The zero-order chi connectivity index (χ0) is 11.7. The van der Waals surface area contributed by atoms with E-state index < -0.39 is 0 Å². The Labute approximate surface area is 101 Å². The first kappa shape index (κ1) is 11.2. The normalized spacial score (nSPS) is 36.1. The molecule has 92 valence electrons. The quantitative estimate of drug-likeness (QED) is 0.868. The predicted molar refractivity (Wildman–Crippen MR) is 63.5 cm³/mol. The molecule has 0 spiro atoms. The summed E-state index contributed by atoms with van der Waals surface area (Å²) in [5, 5.41) is 9.72. The number of fused-ring (bicyclic) bond motifs is 2. The highest BCUT2D eigenvalue weighted by Crippen LogP contribution is 2.34. The van der Waals surface area contributed by atoms with Crippen molar-refractivity contribution in [2.24, 2.45) is 0 Å². The molecule has 2 aliphatic rings. The Balaban J connectivity index is 1.54. The summed E-state index contributed by atoms with van der Waals surface area (Å²) in [6.07, 6.45) is 2.65. The number of ether oxygens (including phenoxy) is 2. The highest BCUT2D eigenvalue weighted by Gasteiger charge is 2.41. The predicted octanol–water partition coefficient (Wildman–Crippen LogP) is 1.88. The van der Waals surface area contributed by atoms with Gasteiger partial charge in [0.25, 0.3) is 0 Å². The lowest BCUT2D eigenvalue weighted by atomic mass is 10.1. The first-order chi connectivity index (χ1) is 8.31. The molecular formula is C14H18O3. The Hall–Kier alpha value is -0.900. The largest absolute Gasteiger partial charge is 0.390 e. The van der Waals surface area contributed by atoms with Gasteiger partial charge in [0.15, 0.2) is 0 Å². The van der Waals surface area contributed by atoms with Crippen molar-refractivity contribution in [3.63, 3.8) is 0 Å². The lowest BCUT2D eigenvalue weighted by molar-refractivity contribution is -0.0971. The van der Waals surface area contributed by atoms with Crippen LogP contribution in [0.4, 0.5) is 0 Å². The summed E-state index contributed by atoms with van der Waals surface area (Å²) < 4.78 is 11.6. The maximum absolute atomic E-state index is 9.72. The van der Waals surface area contributed by atoms with Crippen molar-refractivity contribution in [3.8, 4) is 0 Å². The van der Waals surface area contributed by atoms with Crippen LogP contribution in [0.3, 0.4) is 0 Å². The molecule has 1 N–H and O–H groups in total. The van der Waals surface area contributed by atoms with Crippen molar-refractivity contribution in [3.05, 3.63) is 35.9 Å². The van der Waals surface area contributed by atoms with Gasteiger partial charge >= 0.3 is 0 Å². The Bertz CT molecular complexity index is 363. The van der Waals surface area contributed by atoms with E-state index in [1.807, 2.05) is 18.2 Å². The number of aliphatic hydroxyl groups excluding tert-OH is 1. The Morgan fingerprint density at radius 2 is 2.00 bits per heavy atom. The fourth-order valence-electron chi connectivity index (χ4n) is 2.75. The molecular weight excluding hydrogens is 216 g/mol. The Kier molecular flexibility index (Phi) is 3.14. The second-order valence-corrected chi connectivity index (χ2v) is 4.99. The van der Waals surface area contributed by atoms with Crippen LogP contribution in [0.15, 0.2) is 30.3 Å². The van der Waals surface area contributed by atoms with Crippen LogP contribution in [0.2, 0.25) is 0 Å². The van der Waals surface area contributed by atoms with Gasteiger partial charge in [0, 0.05) is 12.8 Å². The molecule has 3 nitrogen and oxygen atoms in total. The molecule has 3 rings (SSSR count). The monoisotopic (exact) mass is 234 g/mol. The van der Waals surface area contributed by atoms with Crippen molar-refractivity contribution in [2.75, 3.05) is 0 Å². The number of aliphatic hydroxyl groups is 1. The van der Waals surface area contributed by atoms with Crippen LogP contribution in [0.1, 0.15) is 24.8 Å². The van der Waals surface area contributed by atoms with Gasteiger partial charge in [-0.2, -0.15) is 0 Å². The lowest BCUT2D eigenvalue weighted by Crippen LogP contribution is -2.33. The van der Waals surface area contributed by atoms with Crippen molar-refractivity contribution >= 4 is 0 Å². The first-order valence-corrected chi connectivity index (χ1v) is 6.30. The highest BCUT2D eigenvalue weighted by atomic mass is 16.5. The standard InChI is InChI=1S/C14H18O3/c15-13-7-12-6-11(8-14(13)17-12)16-9-10-4-2-1-3-5-10/h1-5,11-15H,6-9H2/t11-,12-,13-,14+/m1/s1. The number of benzene rings is 1. The summed E-state index contributed by atoms with van der Waals surface area (Å²) in [5.74, 6) is 0. The van der Waals surface area contributed by atoms with Crippen molar-refractivity contribution < 1.29 is 14.6 Å². The molecule has 0 amide bonds. The van der Waals surface area contributed by atoms with Gasteiger partial charge in [0.2, 0.25) is 0 Å². The molecule has 2 saturated heterocycles. The summed E-state index contributed by atoms with van der Waals surface area (Å²) in [6, 6.07) is 10.2. The van der Waals surface area contributed by atoms with E-state index in [9.17, 15) is 5.11 Å². The minimum absolute atomic E-state index is 0.00507. The van der Waals surface area contributed by atoms with Gasteiger partial charge in [-0.05, 0) is 12.0 Å². The van der Waals surface area contributed by atoms with Gasteiger partial charge in [0.05, 0.1) is 31.0 Å². The van der Waals surface area contributed by atoms with E-state index in [2.05, 4.69) is 12.1 Å². The van der Waals surface area contributed by atoms with Crippen LogP contribution in [-0.4, -0.2) is 29.5 Å². The van der Waals surface area contributed by atoms with Crippen LogP contribution in [0, 0.1) is 0 Å². The average Bonchev–Trinajstić information content (AvgIpc) is 2.62. The van der Waals surface area contributed by atoms with Crippen LogP contribution in [-0.2, 0) is 16.1 Å². The van der Waals surface area contributed by atoms with Crippen LogP contribution in [0.25, 0.3) is 0 Å². The molecule has 1 aromatic carbocycles. The molecule has 2 aliphatic heterocycles. The van der Waals surface area contributed by atoms with E-state index in [1.165, 1.54) is 5.56 Å². The van der Waals surface area contributed by atoms with Gasteiger partial charge in [-0.25, -0.2) is 0 Å². The summed E-state index contributed by atoms with van der Waals surface area (Å²) in [6.45, 7) is 0.654. The smallest absolute Gasteiger partial charge is 0.0863 e. The topological polar surface area (TPSA) is 38.7 Å².